The second-order valence-electron chi connectivity index (χ2n) is 6.25. The van der Waals surface area contributed by atoms with Crippen LogP contribution in [0.3, 0.4) is 0 Å². The molecule has 2 aromatic heterocycles. The minimum absolute atomic E-state index is 0.189. The van der Waals surface area contributed by atoms with Crippen LogP contribution in [0.1, 0.15) is 21.9 Å². The molecule has 2 heterocycles. The quantitative estimate of drug-likeness (QED) is 0.511. The van der Waals surface area contributed by atoms with Crippen LogP contribution >= 0.6 is 22.9 Å². The zero-order valence-electron chi connectivity index (χ0n) is 15.1. The van der Waals surface area contributed by atoms with Gasteiger partial charge < -0.3 is 5.32 Å². The lowest BCUT2D eigenvalue weighted by molar-refractivity contribution is 0.0942. The molecule has 0 unspecified atom stereocenters. The standard InChI is InChI=1S/C21H17ClN4OS/c1-14-11-19(26(25-14)18-5-3-2-4-6-18)20(27)23-12-17-13-28-21(24-17)15-7-9-16(22)10-8-15/h2-11,13H,12H2,1H3,(H,23,27). The predicted octanol–water partition coefficient (Wildman–Crippen LogP) is 4.89. The summed E-state index contributed by atoms with van der Waals surface area (Å²) in [6.07, 6.45) is 0. The minimum Gasteiger partial charge on any atom is -0.345 e. The fourth-order valence-electron chi connectivity index (χ4n) is 2.80. The molecule has 0 radical (unpaired) electrons. The first kappa shape index (κ1) is 18.4. The smallest absolute Gasteiger partial charge is 0.270 e. The number of rotatable bonds is 5. The number of nitrogens with one attached hydrogen (secondary N) is 1. The van der Waals surface area contributed by atoms with E-state index in [0.29, 0.717) is 17.3 Å². The van der Waals surface area contributed by atoms with Gasteiger partial charge >= 0.3 is 0 Å². The van der Waals surface area contributed by atoms with Crippen LogP contribution < -0.4 is 5.32 Å². The summed E-state index contributed by atoms with van der Waals surface area (Å²) in [6, 6.07) is 18.9. The van der Waals surface area contributed by atoms with Crippen molar-refractivity contribution in [1.29, 1.82) is 0 Å². The van der Waals surface area contributed by atoms with Gasteiger partial charge in [0.25, 0.3) is 5.91 Å². The monoisotopic (exact) mass is 408 g/mol. The maximum absolute atomic E-state index is 12.7. The number of amides is 1. The molecule has 2 aromatic carbocycles. The molecule has 28 heavy (non-hydrogen) atoms. The number of para-hydroxylation sites is 1. The number of halogens is 1. The summed E-state index contributed by atoms with van der Waals surface area (Å²) in [6.45, 7) is 2.22. The van der Waals surface area contributed by atoms with E-state index in [4.69, 9.17) is 11.6 Å². The second-order valence-corrected chi connectivity index (χ2v) is 7.55. The molecule has 5 nitrogen and oxygen atoms in total. The summed E-state index contributed by atoms with van der Waals surface area (Å²) in [4.78, 5) is 17.3. The molecule has 0 aliphatic carbocycles. The molecule has 0 spiro atoms. The maximum Gasteiger partial charge on any atom is 0.270 e. The van der Waals surface area contributed by atoms with Crippen LogP contribution in [0.5, 0.6) is 0 Å². The van der Waals surface area contributed by atoms with Gasteiger partial charge in [-0.3, -0.25) is 4.79 Å². The lowest BCUT2D eigenvalue weighted by Crippen LogP contribution is -2.25. The SMILES string of the molecule is Cc1cc(C(=O)NCc2csc(-c3ccc(Cl)cc3)n2)n(-c2ccccc2)n1. The number of carbonyl (C=O) groups excluding carboxylic acids is 1. The summed E-state index contributed by atoms with van der Waals surface area (Å²) in [5, 5.41) is 10.9. The van der Waals surface area contributed by atoms with Crippen molar-refractivity contribution >= 4 is 28.8 Å². The van der Waals surface area contributed by atoms with E-state index in [1.807, 2.05) is 66.9 Å². The minimum atomic E-state index is -0.189. The Labute approximate surface area is 171 Å². The normalized spacial score (nSPS) is 10.8. The predicted molar refractivity (Wildman–Crippen MR) is 112 cm³/mol. The molecule has 0 fully saturated rings. The molecule has 7 heteroatoms. The van der Waals surface area contributed by atoms with Crippen LogP contribution in [0.15, 0.2) is 66.0 Å². The zero-order valence-corrected chi connectivity index (χ0v) is 16.7. The highest BCUT2D eigenvalue weighted by Gasteiger charge is 2.15. The summed E-state index contributed by atoms with van der Waals surface area (Å²) in [7, 11) is 0. The van der Waals surface area contributed by atoms with Gasteiger partial charge in [0.1, 0.15) is 10.7 Å². The van der Waals surface area contributed by atoms with Crippen LogP contribution in [0.4, 0.5) is 0 Å². The van der Waals surface area contributed by atoms with Crippen molar-refractivity contribution in [3.63, 3.8) is 0 Å². The van der Waals surface area contributed by atoms with Crippen LogP contribution in [0.2, 0.25) is 5.02 Å². The number of hydrogen-bond donors (Lipinski definition) is 1. The number of aryl methyl sites for hydroxylation is 1. The van der Waals surface area contributed by atoms with Crippen molar-refractivity contribution in [1.82, 2.24) is 20.1 Å². The number of carbonyl (C=O) groups is 1. The van der Waals surface area contributed by atoms with E-state index in [1.165, 1.54) is 11.3 Å². The number of benzene rings is 2. The maximum atomic E-state index is 12.7. The van der Waals surface area contributed by atoms with Gasteiger partial charge in [0.05, 0.1) is 23.6 Å². The first-order valence-electron chi connectivity index (χ1n) is 8.71. The molecule has 4 rings (SSSR count). The van der Waals surface area contributed by atoms with Crippen LogP contribution in [0.25, 0.3) is 16.3 Å². The van der Waals surface area contributed by atoms with Crippen molar-refractivity contribution in [2.24, 2.45) is 0 Å². The van der Waals surface area contributed by atoms with Crippen LogP contribution in [-0.2, 0) is 6.54 Å². The highest BCUT2D eigenvalue weighted by molar-refractivity contribution is 7.13. The molecule has 1 amide bonds. The third kappa shape index (κ3) is 3.98. The molecule has 0 bridgehead atoms. The van der Waals surface area contributed by atoms with E-state index in [2.05, 4.69) is 15.4 Å². The first-order valence-corrected chi connectivity index (χ1v) is 9.96. The fourth-order valence-corrected chi connectivity index (χ4v) is 3.75. The van der Waals surface area contributed by atoms with Crippen molar-refractivity contribution in [2.45, 2.75) is 13.5 Å². The van der Waals surface area contributed by atoms with E-state index in [1.54, 1.807) is 10.7 Å². The van der Waals surface area contributed by atoms with Crippen LogP contribution in [-0.4, -0.2) is 20.7 Å². The van der Waals surface area contributed by atoms with Crippen molar-refractivity contribution in [3.8, 4) is 16.3 Å². The fraction of sp³-hybridized carbons (Fsp3) is 0.0952. The lowest BCUT2D eigenvalue weighted by Gasteiger charge is -2.07. The van der Waals surface area contributed by atoms with Gasteiger partial charge in [-0.2, -0.15) is 5.10 Å². The third-order valence-electron chi connectivity index (χ3n) is 4.14. The van der Waals surface area contributed by atoms with Gasteiger partial charge in [0.2, 0.25) is 0 Å². The first-order chi connectivity index (χ1) is 13.6. The third-order valence-corrected chi connectivity index (χ3v) is 5.33. The average molecular weight is 409 g/mol. The topological polar surface area (TPSA) is 59.8 Å². The number of thiazole rings is 1. The van der Waals surface area contributed by atoms with Gasteiger partial charge in [0, 0.05) is 16.0 Å². The Bertz CT molecular complexity index is 1100. The molecule has 4 aromatic rings. The Hall–Kier alpha value is -2.96. The van der Waals surface area contributed by atoms with E-state index in [9.17, 15) is 4.79 Å². The van der Waals surface area contributed by atoms with Gasteiger partial charge in [-0.25, -0.2) is 9.67 Å². The Morgan fingerprint density at radius 2 is 1.89 bits per heavy atom. The number of hydrogen-bond acceptors (Lipinski definition) is 4. The molecular weight excluding hydrogens is 392 g/mol. The highest BCUT2D eigenvalue weighted by atomic mass is 35.5. The largest absolute Gasteiger partial charge is 0.345 e. The average Bonchev–Trinajstić information content (AvgIpc) is 3.34. The van der Waals surface area contributed by atoms with Crippen molar-refractivity contribution in [3.05, 3.63) is 88.1 Å². The Balaban J connectivity index is 1.48. The summed E-state index contributed by atoms with van der Waals surface area (Å²) >= 11 is 7.47. The number of aromatic nitrogens is 3. The molecule has 0 aliphatic heterocycles. The molecular formula is C21H17ClN4OS. The molecule has 0 saturated heterocycles. The van der Waals surface area contributed by atoms with E-state index in [-0.39, 0.29) is 5.91 Å². The summed E-state index contributed by atoms with van der Waals surface area (Å²) < 4.78 is 1.66. The molecule has 140 valence electrons. The van der Waals surface area contributed by atoms with Crippen LogP contribution in [0, 0.1) is 6.92 Å². The zero-order chi connectivity index (χ0) is 19.5. The Morgan fingerprint density at radius 3 is 2.64 bits per heavy atom. The van der Waals surface area contributed by atoms with Gasteiger partial charge in [-0.05, 0) is 37.3 Å². The van der Waals surface area contributed by atoms with Gasteiger partial charge in [-0.1, -0.05) is 41.9 Å². The van der Waals surface area contributed by atoms with Gasteiger partial charge in [0.15, 0.2) is 0 Å². The molecule has 0 saturated carbocycles. The lowest BCUT2D eigenvalue weighted by atomic mass is 10.2. The molecule has 1 N–H and O–H groups in total. The molecule has 0 atom stereocenters. The summed E-state index contributed by atoms with van der Waals surface area (Å²) in [5.74, 6) is -0.189. The summed E-state index contributed by atoms with van der Waals surface area (Å²) in [5.41, 5.74) is 3.94. The highest BCUT2D eigenvalue weighted by Crippen LogP contribution is 2.25. The van der Waals surface area contributed by atoms with Crippen molar-refractivity contribution in [2.75, 3.05) is 0 Å². The Kier molecular flexibility index (Phi) is 5.23. The van der Waals surface area contributed by atoms with E-state index < -0.39 is 0 Å². The molecule has 0 aliphatic rings. The second kappa shape index (κ2) is 7.96. The van der Waals surface area contributed by atoms with Crippen molar-refractivity contribution < 1.29 is 4.79 Å². The van der Waals surface area contributed by atoms with Gasteiger partial charge in [-0.15, -0.1) is 11.3 Å². The Morgan fingerprint density at radius 1 is 1.14 bits per heavy atom. The number of nitrogens with zero attached hydrogens (tertiary/aromatic N) is 3. The van der Waals surface area contributed by atoms with E-state index >= 15 is 0 Å². The van der Waals surface area contributed by atoms with E-state index in [0.717, 1.165) is 27.6 Å².